The van der Waals surface area contributed by atoms with Crippen molar-refractivity contribution in [1.29, 1.82) is 0 Å². The Labute approximate surface area is 347 Å². The molecule has 2 aliphatic rings. The molecule has 0 aliphatic carbocycles. The predicted octanol–water partition coefficient (Wildman–Crippen LogP) is 3.71. The lowest BCUT2D eigenvalue weighted by Gasteiger charge is -2.55. The Kier molecular flexibility index (Phi) is 11.7. The number of fused-ring (bicyclic) bond motifs is 2. The van der Waals surface area contributed by atoms with Crippen LogP contribution in [0.3, 0.4) is 0 Å². The van der Waals surface area contributed by atoms with Gasteiger partial charge in [-0.25, -0.2) is 27.2 Å². The van der Waals surface area contributed by atoms with Gasteiger partial charge in [-0.1, -0.05) is 84.4 Å². The van der Waals surface area contributed by atoms with E-state index in [1.807, 2.05) is 37.3 Å². The number of aryl methyl sites for hydroxylation is 1. The molecule has 1 aromatic heterocycles. The van der Waals surface area contributed by atoms with E-state index >= 15 is 0 Å². The first-order valence-corrected chi connectivity index (χ1v) is 21.8. The molecular weight excluding hydrogens is 811 g/mol. The molecule has 0 saturated carbocycles. The van der Waals surface area contributed by atoms with Gasteiger partial charge in [0.05, 0.1) is 23.5 Å². The number of hydrogen-bond donors (Lipinski definition) is 2. The Hall–Kier alpha value is -6.34. The van der Waals surface area contributed by atoms with Crippen LogP contribution in [0.4, 0.5) is 4.79 Å². The number of urea groups is 1. The maximum atomic E-state index is 14.9. The summed E-state index contributed by atoms with van der Waals surface area (Å²) >= 11 is 0. The normalized spacial score (nSPS) is 17.4. The van der Waals surface area contributed by atoms with Crippen LogP contribution in [0, 0.1) is 6.92 Å². The number of hydrazine groups is 1. The molecule has 0 bridgehead atoms. The first-order valence-electron chi connectivity index (χ1n) is 18.9. The van der Waals surface area contributed by atoms with Crippen LogP contribution < -0.4 is 14.6 Å². The molecule has 0 spiro atoms. The molecule has 4 aromatic carbocycles. The lowest BCUT2D eigenvalue weighted by atomic mass is 9.98. The summed E-state index contributed by atoms with van der Waals surface area (Å²) in [5, 5.41) is 11.3. The largest absolute Gasteiger partial charge is 0.380 e. The number of piperazine rings is 1. The molecule has 2 saturated heterocycles. The van der Waals surface area contributed by atoms with E-state index in [0.717, 1.165) is 15.1 Å². The van der Waals surface area contributed by atoms with Gasteiger partial charge in [-0.2, -0.15) is 13.6 Å². The van der Waals surface area contributed by atoms with Crippen molar-refractivity contribution < 1.29 is 40.2 Å². The minimum atomic E-state index is -4.31. The van der Waals surface area contributed by atoms with Gasteiger partial charge >= 0.3 is 16.3 Å². The van der Waals surface area contributed by atoms with Crippen molar-refractivity contribution in [2.45, 2.75) is 50.5 Å². The van der Waals surface area contributed by atoms with E-state index in [1.54, 1.807) is 41.4 Å². The minimum Gasteiger partial charge on any atom is -0.371 e. The third-order valence-electron chi connectivity index (χ3n) is 10.4. The van der Waals surface area contributed by atoms with Gasteiger partial charge in [0.25, 0.3) is 10.0 Å². The SMILES string of the molecule is C=CCN1CC(=O)N2C(Cc3ccc(OS(N)(=O)=O)cc3)C(=O)N(Cc3cccc4c(C(C)=O)cn(S(=O)(=O)c5ccc(C)cc5)c34)C[C@@H]2N1C(=O)NCc1ccccc1. The monoisotopic (exact) mass is 853 g/mol. The molecule has 18 heteroatoms. The third kappa shape index (κ3) is 8.53. The van der Waals surface area contributed by atoms with E-state index in [-0.39, 0.29) is 66.7 Å². The Morgan fingerprint density at radius 3 is 2.27 bits per heavy atom. The fraction of sp³-hybridized carbons (Fsp3) is 0.238. The van der Waals surface area contributed by atoms with Crippen LogP contribution in [-0.2, 0) is 49.4 Å². The van der Waals surface area contributed by atoms with Crippen LogP contribution in [-0.4, -0.2) is 96.1 Å². The number of aromatic nitrogens is 1. The van der Waals surface area contributed by atoms with E-state index in [4.69, 9.17) is 9.32 Å². The van der Waals surface area contributed by atoms with Gasteiger partial charge in [0.15, 0.2) is 5.78 Å². The number of amides is 4. The molecule has 3 N–H and O–H groups in total. The van der Waals surface area contributed by atoms with Gasteiger partial charge in [0, 0.05) is 43.2 Å². The maximum absolute atomic E-state index is 14.9. The first-order chi connectivity index (χ1) is 28.5. The average Bonchev–Trinajstić information content (AvgIpc) is 3.62. The molecule has 2 fully saturated rings. The van der Waals surface area contributed by atoms with Crippen molar-refractivity contribution in [2.75, 3.05) is 19.6 Å². The van der Waals surface area contributed by atoms with E-state index in [1.165, 1.54) is 64.3 Å². The zero-order valence-corrected chi connectivity index (χ0v) is 34.4. The number of rotatable bonds is 13. The van der Waals surface area contributed by atoms with Crippen molar-refractivity contribution in [1.82, 2.24) is 29.1 Å². The number of para-hydroxylation sites is 1. The number of benzene rings is 4. The molecule has 2 aliphatic heterocycles. The van der Waals surface area contributed by atoms with Gasteiger partial charge in [-0.05, 0) is 54.8 Å². The topological polar surface area (TPSA) is 202 Å². The Bertz CT molecular complexity index is 2710. The van der Waals surface area contributed by atoms with E-state index in [2.05, 4.69) is 11.9 Å². The summed E-state index contributed by atoms with van der Waals surface area (Å²) in [5.74, 6) is -1.34. The fourth-order valence-corrected chi connectivity index (χ4v) is 9.47. The maximum Gasteiger partial charge on any atom is 0.380 e. The second-order valence-electron chi connectivity index (χ2n) is 14.6. The summed E-state index contributed by atoms with van der Waals surface area (Å²) in [6.07, 6.45) is 1.77. The number of hydrogen-bond acceptors (Lipinski definition) is 10. The van der Waals surface area contributed by atoms with Crippen LogP contribution in [0.5, 0.6) is 5.75 Å². The quantitative estimate of drug-likeness (QED) is 0.130. The summed E-state index contributed by atoms with van der Waals surface area (Å²) in [4.78, 5) is 59.1. The molecular formula is C42H43N7O9S2. The highest BCUT2D eigenvalue weighted by Gasteiger charge is 2.51. The summed E-state index contributed by atoms with van der Waals surface area (Å²) in [7, 11) is -8.56. The zero-order valence-electron chi connectivity index (χ0n) is 32.8. The number of carbonyl (C=O) groups excluding carboxylic acids is 4. The number of Topliss-reactive ketones (excluding diaryl/α,β-unsaturated/α-hetero) is 1. The van der Waals surface area contributed by atoms with E-state index < -0.39 is 50.4 Å². The van der Waals surface area contributed by atoms with Crippen LogP contribution in [0.15, 0.2) is 121 Å². The lowest BCUT2D eigenvalue weighted by Crippen LogP contribution is -2.76. The highest BCUT2D eigenvalue weighted by Crippen LogP contribution is 2.34. The minimum absolute atomic E-state index is 0.000301. The van der Waals surface area contributed by atoms with Crippen molar-refractivity contribution in [2.24, 2.45) is 5.14 Å². The van der Waals surface area contributed by atoms with Crippen molar-refractivity contribution in [3.8, 4) is 5.75 Å². The Morgan fingerprint density at radius 1 is 0.917 bits per heavy atom. The summed E-state index contributed by atoms with van der Waals surface area (Å²) in [5.41, 5.74) is 2.99. The van der Waals surface area contributed by atoms with Gasteiger partial charge in [-0.15, -0.1) is 6.58 Å². The van der Waals surface area contributed by atoms with Crippen LogP contribution in [0.25, 0.3) is 10.9 Å². The van der Waals surface area contributed by atoms with Gasteiger partial charge in [0.2, 0.25) is 11.8 Å². The Balaban J connectivity index is 1.32. The molecule has 2 atom stereocenters. The van der Waals surface area contributed by atoms with Crippen molar-refractivity contribution in [3.05, 3.63) is 144 Å². The molecule has 7 rings (SSSR count). The molecule has 4 amide bonds. The third-order valence-corrected chi connectivity index (χ3v) is 12.5. The fourth-order valence-electron chi connectivity index (χ4n) is 7.68. The summed E-state index contributed by atoms with van der Waals surface area (Å²) in [6, 6.07) is 24.7. The van der Waals surface area contributed by atoms with E-state index in [9.17, 15) is 36.0 Å². The summed E-state index contributed by atoms with van der Waals surface area (Å²) in [6.45, 7) is 6.72. The molecule has 312 valence electrons. The number of nitrogens with two attached hydrogens (primary N) is 1. The highest BCUT2D eigenvalue weighted by atomic mass is 32.2. The second kappa shape index (κ2) is 16.7. The first kappa shape index (κ1) is 41.8. The molecule has 3 heterocycles. The number of carbonyl (C=O) groups is 4. The van der Waals surface area contributed by atoms with Gasteiger partial charge < -0.3 is 19.3 Å². The molecule has 0 radical (unpaired) electrons. The van der Waals surface area contributed by atoms with Crippen molar-refractivity contribution in [3.63, 3.8) is 0 Å². The summed E-state index contributed by atoms with van der Waals surface area (Å²) < 4.78 is 57.5. The lowest BCUT2D eigenvalue weighted by molar-refractivity contribution is -0.189. The molecule has 5 aromatic rings. The number of nitrogens with one attached hydrogen (secondary N) is 1. The van der Waals surface area contributed by atoms with Crippen molar-refractivity contribution >= 4 is 54.9 Å². The average molecular weight is 854 g/mol. The van der Waals surface area contributed by atoms with Crippen LogP contribution in [0.2, 0.25) is 0 Å². The zero-order chi connectivity index (χ0) is 42.9. The van der Waals surface area contributed by atoms with Crippen LogP contribution in [0.1, 0.15) is 39.5 Å². The van der Waals surface area contributed by atoms with Crippen LogP contribution >= 0.6 is 0 Å². The molecule has 1 unspecified atom stereocenters. The smallest absolute Gasteiger partial charge is 0.371 e. The molecule has 60 heavy (non-hydrogen) atoms. The van der Waals surface area contributed by atoms with E-state index in [0.29, 0.717) is 16.5 Å². The second-order valence-corrected chi connectivity index (χ2v) is 17.6. The standard InChI is InChI=1S/C42H43N7O9S2/c1-4-21-46-27-39(51)48-37(22-30-15-17-33(18-16-30)58-60(43,56)57)41(52)45(26-38(48)49(46)42(53)44-23-31-9-6-5-7-10-31)24-32-11-8-12-35-36(29(3)50)25-47(40(32)35)59(54,55)34-19-13-28(2)14-20-34/h4-20,25,37-38H,1,21-24,26-27H2,2-3H3,(H,44,53)(H2,43,56,57)/t37?,38-/m0/s1. The number of nitrogens with zero attached hydrogens (tertiary/aromatic N) is 5. The highest BCUT2D eigenvalue weighted by molar-refractivity contribution is 7.90. The Morgan fingerprint density at radius 2 is 1.62 bits per heavy atom. The number of ketones is 1. The van der Waals surface area contributed by atoms with Gasteiger partial charge in [-0.3, -0.25) is 14.4 Å². The molecule has 16 nitrogen and oxygen atoms in total. The van der Waals surface area contributed by atoms with Gasteiger partial charge in [0.1, 0.15) is 18.0 Å². The predicted molar refractivity (Wildman–Crippen MR) is 222 cm³/mol.